The summed E-state index contributed by atoms with van der Waals surface area (Å²) in [6.07, 6.45) is 4.66. The highest BCUT2D eigenvalue weighted by Crippen LogP contribution is 2.40. The van der Waals surface area contributed by atoms with E-state index in [1.807, 2.05) is 55.4 Å². The first-order valence-corrected chi connectivity index (χ1v) is 9.64. The Morgan fingerprint density at radius 1 is 1.21 bits per heavy atom. The highest BCUT2D eigenvalue weighted by Gasteiger charge is 2.23. The molecule has 0 fully saturated rings. The highest BCUT2D eigenvalue weighted by atomic mass is 35.5. The molecule has 0 radical (unpaired) electrons. The van der Waals surface area contributed by atoms with Crippen LogP contribution in [-0.4, -0.2) is 14.1 Å². The van der Waals surface area contributed by atoms with Gasteiger partial charge in [-0.05, 0) is 54.5 Å². The van der Waals surface area contributed by atoms with Gasteiger partial charge in [-0.25, -0.2) is 0 Å². The molecular formula is C22H22Cl2N2O2. The molecule has 2 aromatic carbocycles. The predicted octanol–water partition coefficient (Wildman–Crippen LogP) is 6.63. The van der Waals surface area contributed by atoms with Crippen LogP contribution in [0, 0.1) is 0 Å². The summed E-state index contributed by atoms with van der Waals surface area (Å²) in [4.78, 5) is 1.96. The van der Waals surface area contributed by atoms with Crippen LogP contribution in [0.25, 0.3) is 0 Å². The van der Waals surface area contributed by atoms with Crippen molar-refractivity contribution in [2.75, 3.05) is 24.3 Å². The van der Waals surface area contributed by atoms with E-state index in [-0.39, 0.29) is 0 Å². The summed E-state index contributed by atoms with van der Waals surface area (Å²) in [5.41, 5.74) is 2.75. The molecule has 4 nitrogen and oxygen atoms in total. The van der Waals surface area contributed by atoms with Crippen LogP contribution in [-0.2, 0) is 0 Å². The van der Waals surface area contributed by atoms with Gasteiger partial charge in [-0.3, -0.25) is 0 Å². The Balaban J connectivity index is 1.79. The number of rotatable bonds is 6. The SMILES string of the molecule is C=C(/C=C(/C=C1Oc2ccc(Cl)cc2N1C)CC)Oc1ccc(Cl)cc1NC. The van der Waals surface area contributed by atoms with Gasteiger partial charge in [0.05, 0.1) is 11.4 Å². The van der Waals surface area contributed by atoms with Crippen molar-refractivity contribution in [2.45, 2.75) is 13.3 Å². The zero-order chi connectivity index (χ0) is 20.3. The van der Waals surface area contributed by atoms with Gasteiger partial charge < -0.3 is 19.7 Å². The predicted molar refractivity (Wildman–Crippen MR) is 118 cm³/mol. The Bertz CT molecular complexity index is 967. The fourth-order valence-electron chi connectivity index (χ4n) is 2.83. The second-order valence-electron chi connectivity index (χ2n) is 6.29. The average Bonchev–Trinajstić information content (AvgIpc) is 2.97. The van der Waals surface area contributed by atoms with Crippen LogP contribution in [0.15, 0.2) is 72.3 Å². The molecule has 0 saturated heterocycles. The zero-order valence-electron chi connectivity index (χ0n) is 16.1. The van der Waals surface area contributed by atoms with Gasteiger partial charge in [-0.15, -0.1) is 0 Å². The number of hydrogen-bond acceptors (Lipinski definition) is 4. The molecule has 0 unspecified atom stereocenters. The number of anilines is 2. The lowest BCUT2D eigenvalue weighted by Crippen LogP contribution is -2.13. The summed E-state index contributed by atoms with van der Waals surface area (Å²) in [6.45, 7) is 6.09. The molecule has 146 valence electrons. The molecule has 0 spiro atoms. The van der Waals surface area contributed by atoms with Gasteiger partial charge in [0.1, 0.15) is 5.76 Å². The van der Waals surface area contributed by atoms with Gasteiger partial charge in [0, 0.05) is 30.2 Å². The molecule has 1 N–H and O–H groups in total. The van der Waals surface area contributed by atoms with E-state index >= 15 is 0 Å². The van der Waals surface area contributed by atoms with Crippen LogP contribution >= 0.6 is 23.2 Å². The summed E-state index contributed by atoms with van der Waals surface area (Å²) >= 11 is 12.1. The normalized spacial score (nSPS) is 14.7. The maximum absolute atomic E-state index is 6.10. The Kier molecular flexibility index (Phi) is 6.22. The van der Waals surface area contributed by atoms with Crippen molar-refractivity contribution in [3.05, 3.63) is 82.4 Å². The number of fused-ring (bicyclic) bond motifs is 1. The number of benzene rings is 2. The lowest BCUT2D eigenvalue weighted by Gasteiger charge is -2.13. The maximum Gasteiger partial charge on any atom is 0.200 e. The molecule has 0 bridgehead atoms. The Morgan fingerprint density at radius 2 is 1.93 bits per heavy atom. The monoisotopic (exact) mass is 416 g/mol. The number of nitrogens with one attached hydrogen (secondary N) is 1. The van der Waals surface area contributed by atoms with Crippen LogP contribution < -0.4 is 19.7 Å². The third kappa shape index (κ3) is 4.46. The van der Waals surface area contributed by atoms with Crippen LogP contribution in [0.5, 0.6) is 11.5 Å². The quantitative estimate of drug-likeness (QED) is 0.422. The van der Waals surface area contributed by atoms with Crippen molar-refractivity contribution in [1.82, 2.24) is 0 Å². The van der Waals surface area contributed by atoms with Crippen molar-refractivity contribution >= 4 is 34.6 Å². The molecule has 0 atom stereocenters. The molecule has 0 aromatic heterocycles. The summed E-state index contributed by atoms with van der Waals surface area (Å²) < 4.78 is 11.8. The Hall–Kier alpha value is -2.56. The smallest absolute Gasteiger partial charge is 0.200 e. The minimum atomic E-state index is 0.522. The number of allylic oxidation sites excluding steroid dienone is 3. The first-order valence-electron chi connectivity index (χ1n) is 8.88. The zero-order valence-corrected chi connectivity index (χ0v) is 17.6. The van der Waals surface area contributed by atoms with E-state index < -0.39 is 0 Å². The maximum atomic E-state index is 6.10. The summed E-state index contributed by atoms with van der Waals surface area (Å²) in [6, 6.07) is 11.0. The van der Waals surface area contributed by atoms with Crippen molar-refractivity contribution < 1.29 is 9.47 Å². The van der Waals surface area contributed by atoms with Gasteiger partial charge >= 0.3 is 0 Å². The van der Waals surface area contributed by atoms with E-state index in [9.17, 15) is 0 Å². The second-order valence-corrected chi connectivity index (χ2v) is 7.16. The molecule has 0 aliphatic carbocycles. The van der Waals surface area contributed by atoms with Gasteiger partial charge in [-0.2, -0.15) is 0 Å². The Morgan fingerprint density at radius 3 is 2.64 bits per heavy atom. The van der Waals surface area contributed by atoms with Crippen molar-refractivity contribution in [1.29, 1.82) is 0 Å². The molecule has 2 aromatic rings. The average molecular weight is 417 g/mol. The fraction of sp³-hybridized carbons (Fsp3) is 0.182. The minimum absolute atomic E-state index is 0.522. The third-order valence-corrected chi connectivity index (χ3v) is 4.81. The molecule has 1 heterocycles. The van der Waals surface area contributed by atoms with Crippen LogP contribution in [0.2, 0.25) is 10.0 Å². The molecule has 0 amide bonds. The van der Waals surface area contributed by atoms with Gasteiger partial charge in [0.2, 0.25) is 5.88 Å². The second kappa shape index (κ2) is 8.63. The molecular weight excluding hydrogens is 395 g/mol. The lowest BCUT2D eigenvalue weighted by molar-refractivity contribution is 0.441. The largest absolute Gasteiger partial charge is 0.456 e. The summed E-state index contributed by atoms with van der Waals surface area (Å²) in [5, 5.41) is 4.38. The highest BCUT2D eigenvalue weighted by molar-refractivity contribution is 6.31. The van der Waals surface area contributed by atoms with E-state index in [4.69, 9.17) is 32.7 Å². The molecule has 28 heavy (non-hydrogen) atoms. The van der Waals surface area contributed by atoms with E-state index in [1.54, 1.807) is 12.1 Å². The standard InChI is InChI=1S/C22H22Cl2N2O2/c1-5-15(10-14(2)27-20-8-6-16(23)12-18(20)25-3)11-22-26(4)19-13-17(24)7-9-21(19)28-22/h6-13,25H,2,5H2,1,3-4H3/b15-10+,22-11?. The molecule has 1 aliphatic heterocycles. The first-order chi connectivity index (χ1) is 13.4. The van der Waals surface area contributed by atoms with Crippen LogP contribution in [0.4, 0.5) is 11.4 Å². The number of ether oxygens (including phenoxy) is 2. The van der Waals surface area contributed by atoms with Gasteiger partial charge in [0.15, 0.2) is 11.5 Å². The Labute approximate surface area is 175 Å². The number of hydrogen-bond donors (Lipinski definition) is 1. The van der Waals surface area contributed by atoms with Crippen LogP contribution in [0.3, 0.4) is 0 Å². The van der Waals surface area contributed by atoms with E-state index in [2.05, 4.69) is 18.8 Å². The molecule has 1 aliphatic rings. The van der Waals surface area contributed by atoms with Crippen molar-refractivity contribution in [2.24, 2.45) is 0 Å². The van der Waals surface area contributed by atoms with E-state index in [1.165, 1.54) is 0 Å². The molecule has 0 saturated carbocycles. The fourth-order valence-corrected chi connectivity index (χ4v) is 3.17. The minimum Gasteiger partial charge on any atom is -0.456 e. The van der Waals surface area contributed by atoms with Crippen LogP contribution in [0.1, 0.15) is 13.3 Å². The van der Waals surface area contributed by atoms with Gasteiger partial charge in [-0.1, -0.05) is 36.7 Å². The summed E-state index contributed by atoms with van der Waals surface area (Å²) in [5.74, 6) is 2.69. The lowest BCUT2D eigenvalue weighted by atomic mass is 10.1. The first kappa shape index (κ1) is 20.2. The van der Waals surface area contributed by atoms with Crippen molar-refractivity contribution in [3.63, 3.8) is 0 Å². The molecule has 6 heteroatoms. The van der Waals surface area contributed by atoms with E-state index in [0.29, 0.717) is 21.6 Å². The topological polar surface area (TPSA) is 33.7 Å². The number of halogens is 2. The summed E-state index contributed by atoms with van der Waals surface area (Å²) in [7, 11) is 3.76. The number of nitrogens with zero attached hydrogens (tertiary/aromatic N) is 1. The van der Waals surface area contributed by atoms with Crippen molar-refractivity contribution in [3.8, 4) is 11.5 Å². The third-order valence-electron chi connectivity index (χ3n) is 4.34. The van der Waals surface area contributed by atoms with Gasteiger partial charge in [0.25, 0.3) is 0 Å². The molecule has 3 rings (SSSR count). The van der Waals surface area contributed by atoms with E-state index in [0.717, 1.165) is 35.0 Å².